The zero-order valence-electron chi connectivity index (χ0n) is 22.7. The van der Waals surface area contributed by atoms with Gasteiger partial charge in [0.1, 0.15) is 0 Å². The third-order valence-electron chi connectivity index (χ3n) is 6.07. The molecule has 0 aliphatic heterocycles. The number of allylic oxidation sites excluding steroid dienone is 2. The summed E-state index contributed by atoms with van der Waals surface area (Å²) >= 11 is 0. The van der Waals surface area contributed by atoms with Gasteiger partial charge < -0.3 is 20.3 Å². The lowest BCUT2D eigenvalue weighted by molar-refractivity contribution is -0.139. The second-order valence-electron chi connectivity index (χ2n) is 9.43. The van der Waals surface area contributed by atoms with Crippen LogP contribution in [0.25, 0.3) is 0 Å². The summed E-state index contributed by atoms with van der Waals surface area (Å²) < 4.78 is 5.29. The molecule has 210 valence electrons. The van der Waals surface area contributed by atoms with Crippen LogP contribution in [0.4, 0.5) is 0 Å². The van der Waals surface area contributed by atoms with Crippen LogP contribution in [0.15, 0.2) is 12.2 Å². The molecule has 0 unspecified atom stereocenters. The van der Waals surface area contributed by atoms with E-state index in [-0.39, 0.29) is 25.4 Å². The van der Waals surface area contributed by atoms with Crippen LogP contribution in [0.5, 0.6) is 0 Å². The Morgan fingerprint density at radius 3 is 1.89 bits per heavy atom. The van der Waals surface area contributed by atoms with Gasteiger partial charge in [-0.2, -0.15) is 0 Å². The summed E-state index contributed by atoms with van der Waals surface area (Å²) in [5.74, 6) is -1.75. The van der Waals surface area contributed by atoms with Gasteiger partial charge in [-0.15, -0.1) is 0 Å². The van der Waals surface area contributed by atoms with Crippen LogP contribution in [0, 0.1) is 0 Å². The Bertz CT molecular complexity index is 582. The number of rotatable bonds is 27. The Labute approximate surface area is 218 Å². The van der Waals surface area contributed by atoms with Gasteiger partial charge in [0.15, 0.2) is 0 Å². The van der Waals surface area contributed by atoms with Gasteiger partial charge in [0.2, 0.25) is 5.91 Å². The minimum atomic E-state index is -0.910. The molecule has 0 rings (SSSR count). The SMILES string of the molecule is CCCCCCCCC=CCCCCCCCC(=O)NCCN(CCOCCC(=O)O)CCC(=O)O. The fourth-order valence-electron chi connectivity index (χ4n) is 3.84. The molecule has 0 aromatic rings. The van der Waals surface area contributed by atoms with Crippen LogP contribution in [-0.2, 0) is 19.1 Å². The number of amides is 1. The Hall–Kier alpha value is -1.93. The third-order valence-corrected chi connectivity index (χ3v) is 6.07. The van der Waals surface area contributed by atoms with Gasteiger partial charge in [-0.25, -0.2) is 0 Å². The number of aliphatic carboxylic acids is 2. The van der Waals surface area contributed by atoms with Crippen LogP contribution in [0.1, 0.15) is 110 Å². The summed E-state index contributed by atoms with van der Waals surface area (Å²) in [5, 5.41) is 20.4. The van der Waals surface area contributed by atoms with Crippen LogP contribution in [0.3, 0.4) is 0 Å². The molecule has 1 amide bonds. The largest absolute Gasteiger partial charge is 0.481 e. The second-order valence-corrected chi connectivity index (χ2v) is 9.43. The third kappa shape index (κ3) is 26.7. The molecule has 8 nitrogen and oxygen atoms in total. The fourth-order valence-corrected chi connectivity index (χ4v) is 3.84. The van der Waals surface area contributed by atoms with E-state index in [0.29, 0.717) is 39.2 Å². The molecule has 0 heterocycles. The van der Waals surface area contributed by atoms with Crippen molar-refractivity contribution in [3.63, 3.8) is 0 Å². The number of ether oxygens (including phenoxy) is 1. The highest BCUT2D eigenvalue weighted by molar-refractivity contribution is 5.75. The molecular weight excluding hydrogens is 460 g/mol. The van der Waals surface area contributed by atoms with E-state index in [1.807, 2.05) is 4.90 Å². The molecule has 0 saturated carbocycles. The van der Waals surface area contributed by atoms with Crippen molar-refractivity contribution in [3.05, 3.63) is 12.2 Å². The normalized spacial score (nSPS) is 11.4. The number of nitrogens with one attached hydrogen (secondary N) is 1. The van der Waals surface area contributed by atoms with Crippen molar-refractivity contribution in [1.82, 2.24) is 10.2 Å². The number of carboxylic acid groups (broad SMARTS) is 2. The molecule has 0 radical (unpaired) electrons. The summed E-state index contributed by atoms with van der Waals surface area (Å²) in [5.41, 5.74) is 0. The maximum Gasteiger partial charge on any atom is 0.305 e. The number of carboxylic acids is 2. The van der Waals surface area contributed by atoms with Crippen molar-refractivity contribution in [2.24, 2.45) is 0 Å². The smallest absolute Gasteiger partial charge is 0.305 e. The maximum absolute atomic E-state index is 12.1. The van der Waals surface area contributed by atoms with Gasteiger partial charge in [-0.05, 0) is 32.1 Å². The average Bonchev–Trinajstić information content (AvgIpc) is 2.84. The highest BCUT2D eigenvalue weighted by Gasteiger charge is 2.09. The molecular formula is C28H52N2O6. The molecule has 0 spiro atoms. The van der Waals surface area contributed by atoms with Gasteiger partial charge in [0.25, 0.3) is 0 Å². The summed E-state index contributed by atoms with van der Waals surface area (Å²) in [6.07, 6.45) is 21.1. The quantitative estimate of drug-likeness (QED) is 0.0995. The van der Waals surface area contributed by atoms with E-state index in [1.165, 1.54) is 57.8 Å². The van der Waals surface area contributed by atoms with Gasteiger partial charge in [-0.3, -0.25) is 19.3 Å². The van der Waals surface area contributed by atoms with Gasteiger partial charge in [0, 0.05) is 32.6 Å². The fraction of sp³-hybridized carbons (Fsp3) is 0.821. The Balaban J connectivity index is 3.69. The van der Waals surface area contributed by atoms with Crippen molar-refractivity contribution in [1.29, 1.82) is 0 Å². The molecule has 0 aromatic carbocycles. The van der Waals surface area contributed by atoms with Crippen LogP contribution in [-0.4, -0.2) is 72.4 Å². The molecule has 36 heavy (non-hydrogen) atoms. The van der Waals surface area contributed by atoms with Gasteiger partial charge >= 0.3 is 11.9 Å². The Morgan fingerprint density at radius 2 is 1.28 bits per heavy atom. The summed E-state index contributed by atoms with van der Waals surface area (Å²) in [6, 6.07) is 0. The first kappa shape index (κ1) is 34.1. The second kappa shape index (κ2) is 26.1. The van der Waals surface area contributed by atoms with Crippen LogP contribution >= 0.6 is 0 Å². The predicted molar refractivity (Wildman–Crippen MR) is 144 cm³/mol. The van der Waals surface area contributed by atoms with E-state index < -0.39 is 11.9 Å². The molecule has 3 N–H and O–H groups in total. The van der Waals surface area contributed by atoms with Crippen molar-refractivity contribution in [2.75, 3.05) is 39.4 Å². The highest BCUT2D eigenvalue weighted by Crippen LogP contribution is 2.10. The van der Waals surface area contributed by atoms with Crippen molar-refractivity contribution in [3.8, 4) is 0 Å². The van der Waals surface area contributed by atoms with E-state index in [2.05, 4.69) is 24.4 Å². The maximum atomic E-state index is 12.1. The molecule has 0 atom stereocenters. The molecule has 0 bridgehead atoms. The number of carbonyl (C=O) groups is 3. The number of hydrogen-bond donors (Lipinski definition) is 3. The zero-order valence-corrected chi connectivity index (χ0v) is 22.7. The lowest BCUT2D eigenvalue weighted by Crippen LogP contribution is -2.37. The number of unbranched alkanes of at least 4 members (excludes halogenated alkanes) is 11. The molecule has 8 heteroatoms. The topological polar surface area (TPSA) is 116 Å². The first-order valence-electron chi connectivity index (χ1n) is 14.1. The standard InChI is InChI=1S/C28H52N2O6/c1-2-3-4-5-6-7-8-9-10-11-12-13-14-15-16-17-26(31)29-20-22-30(21-18-27(32)33)23-25-36-24-19-28(34)35/h9-10H,2-8,11-25H2,1H3,(H,29,31)(H,32,33)(H,34,35). The van der Waals surface area contributed by atoms with Crippen molar-refractivity contribution < 1.29 is 29.3 Å². The first-order valence-corrected chi connectivity index (χ1v) is 14.1. The molecule has 0 aliphatic rings. The minimum absolute atomic E-state index is 0.0119. The first-order chi connectivity index (χ1) is 17.5. The van der Waals surface area contributed by atoms with Gasteiger partial charge in [-0.1, -0.05) is 70.4 Å². The average molecular weight is 513 g/mol. The summed E-state index contributed by atoms with van der Waals surface area (Å²) in [4.78, 5) is 35.4. The minimum Gasteiger partial charge on any atom is -0.481 e. The van der Waals surface area contributed by atoms with Crippen LogP contribution in [0.2, 0.25) is 0 Å². The number of nitrogens with zero attached hydrogens (tertiary/aromatic N) is 1. The Morgan fingerprint density at radius 1 is 0.694 bits per heavy atom. The molecule has 0 fully saturated rings. The zero-order chi connectivity index (χ0) is 26.7. The lowest BCUT2D eigenvalue weighted by Gasteiger charge is -2.21. The lowest BCUT2D eigenvalue weighted by atomic mass is 10.1. The summed E-state index contributed by atoms with van der Waals surface area (Å²) in [7, 11) is 0. The van der Waals surface area contributed by atoms with Crippen LogP contribution < -0.4 is 5.32 Å². The summed E-state index contributed by atoms with van der Waals surface area (Å²) in [6.45, 7) is 4.57. The van der Waals surface area contributed by atoms with E-state index in [0.717, 1.165) is 25.7 Å². The monoisotopic (exact) mass is 512 g/mol. The van der Waals surface area contributed by atoms with Crippen molar-refractivity contribution in [2.45, 2.75) is 110 Å². The Kier molecular flexibility index (Phi) is 24.7. The van der Waals surface area contributed by atoms with Gasteiger partial charge in [0.05, 0.1) is 26.1 Å². The molecule has 0 aromatic heterocycles. The highest BCUT2D eigenvalue weighted by atomic mass is 16.5. The number of hydrogen-bond acceptors (Lipinski definition) is 5. The van der Waals surface area contributed by atoms with E-state index in [9.17, 15) is 14.4 Å². The van der Waals surface area contributed by atoms with Crippen molar-refractivity contribution >= 4 is 17.8 Å². The molecule has 0 saturated heterocycles. The van der Waals surface area contributed by atoms with E-state index in [4.69, 9.17) is 14.9 Å². The molecule has 0 aliphatic carbocycles. The van der Waals surface area contributed by atoms with E-state index >= 15 is 0 Å². The predicted octanol–water partition coefficient (Wildman–Crippen LogP) is 5.41. The van der Waals surface area contributed by atoms with E-state index in [1.54, 1.807) is 0 Å². The number of carbonyl (C=O) groups excluding carboxylic acids is 1.